The summed E-state index contributed by atoms with van der Waals surface area (Å²) in [6.45, 7) is 5.57. The molecule has 2 aliphatic rings. The minimum atomic E-state index is -0.423. The van der Waals surface area contributed by atoms with Crippen LogP contribution in [0.5, 0.6) is 0 Å². The molecule has 1 atom stereocenters. The van der Waals surface area contributed by atoms with Gasteiger partial charge in [-0.05, 0) is 47.9 Å². The third kappa shape index (κ3) is 3.76. The molecule has 2 aromatic carbocycles. The molecule has 0 radical (unpaired) electrons. The van der Waals surface area contributed by atoms with Gasteiger partial charge in [0, 0.05) is 55.7 Å². The van der Waals surface area contributed by atoms with Crippen molar-refractivity contribution in [2.45, 2.75) is 12.5 Å². The Hall–Kier alpha value is -1.75. The molecule has 1 saturated heterocycles. The highest BCUT2D eigenvalue weighted by molar-refractivity contribution is 6.30. The molecule has 5 heteroatoms. The summed E-state index contributed by atoms with van der Waals surface area (Å²) in [5.74, 6) is 0. The number of fused-ring (bicyclic) bond motifs is 1. The molecular weight excluding hydrogens is 334 g/mol. The highest BCUT2D eigenvalue weighted by Crippen LogP contribution is 2.26. The average Bonchev–Trinajstić information content (AvgIpc) is 3.11. The summed E-state index contributed by atoms with van der Waals surface area (Å²) in [6, 6.07) is 14.3. The van der Waals surface area contributed by atoms with E-state index in [-0.39, 0.29) is 0 Å². The average molecular weight is 358 g/mol. The van der Waals surface area contributed by atoms with Gasteiger partial charge in [-0.2, -0.15) is 0 Å². The maximum atomic E-state index is 10.6. The summed E-state index contributed by atoms with van der Waals surface area (Å²) in [4.78, 5) is 4.73. The fraction of sp³-hybridized carbons (Fsp3) is 0.400. The molecule has 132 valence electrons. The Morgan fingerprint density at radius 2 is 1.80 bits per heavy atom. The number of hydrogen-bond donors (Lipinski definition) is 2. The van der Waals surface area contributed by atoms with Crippen molar-refractivity contribution in [2.24, 2.45) is 0 Å². The Balaban J connectivity index is 1.33. The number of aliphatic hydroxyl groups excluding tert-OH is 1. The van der Waals surface area contributed by atoms with Gasteiger partial charge in [0.1, 0.15) is 0 Å². The van der Waals surface area contributed by atoms with Gasteiger partial charge in [0.05, 0.1) is 6.10 Å². The Morgan fingerprint density at radius 1 is 1.04 bits per heavy atom. The predicted molar refractivity (Wildman–Crippen MR) is 104 cm³/mol. The molecule has 0 amide bonds. The summed E-state index contributed by atoms with van der Waals surface area (Å²) in [5, 5.41) is 14.8. The van der Waals surface area contributed by atoms with Gasteiger partial charge in [0.15, 0.2) is 0 Å². The molecular formula is C20H24ClN3O. The zero-order valence-corrected chi connectivity index (χ0v) is 15.0. The fourth-order valence-electron chi connectivity index (χ4n) is 3.72. The zero-order chi connectivity index (χ0) is 17.2. The quantitative estimate of drug-likeness (QED) is 0.881. The van der Waals surface area contributed by atoms with E-state index in [9.17, 15) is 5.11 Å². The van der Waals surface area contributed by atoms with Gasteiger partial charge in [-0.1, -0.05) is 23.7 Å². The molecule has 0 aliphatic carbocycles. The minimum absolute atomic E-state index is 0.423. The Labute approximate surface area is 154 Å². The van der Waals surface area contributed by atoms with E-state index in [1.165, 1.54) is 16.9 Å². The van der Waals surface area contributed by atoms with Crippen LogP contribution in [0.25, 0.3) is 0 Å². The van der Waals surface area contributed by atoms with Crippen molar-refractivity contribution in [3.63, 3.8) is 0 Å². The molecule has 0 saturated carbocycles. The first-order valence-corrected chi connectivity index (χ1v) is 9.34. The lowest BCUT2D eigenvalue weighted by Crippen LogP contribution is -2.47. The van der Waals surface area contributed by atoms with Crippen LogP contribution in [0.15, 0.2) is 42.5 Å². The van der Waals surface area contributed by atoms with E-state index < -0.39 is 6.10 Å². The fourth-order valence-corrected chi connectivity index (χ4v) is 3.85. The van der Waals surface area contributed by atoms with E-state index in [1.54, 1.807) is 0 Å². The first kappa shape index (κ1) is 16.7. The number of piperazine rings is 1. The molecule has 4 nitrogen and oxygen atoms in total. The van der Waals surface area contributed by atoms with Crippen molar-refractivity contribution in [3.05, 3.63) is 58.6 Å². The number of halogens is 1. The number of nitrogens with zero attached hydrogens (tertiary/aromatic N) is 2. The monoisotopic (exact) mass is 357 g/mol. The van der Waals surface area contributed by atoms with Crippen LogP contribution in [-0.2, 0) is 6.42 Å². The third-order valence-electron chi connectivity index (χ3n) is 5.22. The van der Waals surface area contributed by atoms with Crippen LogP contribution in [0.4, 0.5) is 11.4 Å². The lowest BCUT2D eigenvalue weighted by molar-refractivity contribution is 0.109. The smallest absolute Gasteiger partial charge is 0.0917 e. The number of rotatable bonds is 4. The number of anilines is 2. The Kier molecular flexibility index (Phi) is 4.84. The van der Waals surface area contributed by atoms with E-state index in [4.69, 9.17) is 11.6 Å². The molecule has 0 spiro atoms. The standard InChI is InChI=1S/C20H24ClN3O/c21-17-2-4-18(5-3-17)24-11-9-23(10-12-24)14-20(25)16-1-6-19-15(13-16)7-8-22-19/h1-6,13,20,22,25H,7-12,14H2/t20-/m1/s1. The second kappa shape index (κ2) is 7.24. The number of aliphatic hydroxyl groups is 1. The molecule has 2 aliphatic heterocycles. The van der Waals surface area contributed by atoms with Crippen LogP contribution in [0.1, 0.15) is 17.2 Å². The summed E-state index contributed by atoms with van der Waals surface area (Å²) < 4.78 is 0. The second-order valence-electron chi connectivity index (χ2n) is 6.87. The van der Waals surface area contributed by atoms with Crippen LogP contribution in [0.3, 0.4) is 0 Å². The highest BCUT2D eigenvalue weighted by Gasteiger charge is 2.21. The van der Waals surface area contributed by atoms with Crippen molar-refractivity contribution in [3.8, 4) is 0 Å². The molecule has 0 unspecified atom stereocenters. The molecule has 2 aromatic rings. The SMILES string of the molecule is O[C@H](CN1CCN(c2ccc(Cl)cc2)CC1)c1ccc2c(c1)CCN2. The first-order valence-electron chi connectivity index (χ1n) is 8.97. The van der Waals surface area contributed by atoms with E-state index in [2.05, 4.69) is 39.4 Å². The molecule has 0 aromatic heterocycles. The Morgan fingerprint density at radius 3 is 2.56 bits per heavy atom. The molecule has 2 heterocycles. The summed E-state index contributed by atoms with van der Waals surface area (Å²) in [7, 11) is 0. The van der Waals surface area contributed by atoms with Crippen LogP contribution < -0.4 is 10.2 Å². The van der Waals surface area contributed by atoms with Crippen molar-refractivity contribution in [2.75, 3.05) is 49.5 Å². The highest BCUT2D eigenvalue weighted by atomic mass is 35.5. The van der Waals surface area contributed by atoms with Gasteiger partial charge >= 0.3 is 0 Å². The maximum absolute atomic E-state index is 10.6. The lowest BCUT2D eigenvalue weighted by atomic mass is 10.0. The van der Waals surface area contributed by atoms with Crippen molar-refractivity contribution in [1.82, 2.24) is 4.90 Å². The lowest BCUT2D eigenvalue weighted by Gasteiger charge is -2.37. The normalized spacial score (nSPS) is 18.7. The third-order valence-corrected chi connectivity index (χ3v) is 5.47. The van der Waals surface area contributed by atoms with E-state index in [0.29, 0.717) is 6.54 Å². The van der Waals surface area contributed by atoms with Gasteiger partial charge < -0.3 is 15.3 Å². The number of benzene rings is 2. The van der Waals surface area contributed by atoms with Crippen LogP contribution in [-0.4, -0.2) is 49.3 Å². The van der Waals surface area contributed by atoms with Gasteiger partial charge in [-0.3, -0.25) is 4.90 Å². The van der Waals surface area contributed by atoms with Gasteiger partial charge in [0.2, 0.25) is 0 Å². The molecule has 2 N–H and O–H groups in total. The van der Waals surface area contributed by atoms with Gasteiger partial charge in [0.25, 0.3) is 0 Å². The topological polar surface area (TPSA) is 38.7 Å². The summed E-state index contributed by atoms with van der Waals surface area (Å²) in [5.41, 5.74) is 4.79. The maximum Gasteiger partial charge on any atom is 0.0917 e. The van der Waals surface area contributed by atoms with Crippen LogP contribution >= 0.6 is 11.6 Å². The molecule has 1 fully saturated rings. The number of nitrogens with one attached hydrogen (secondary N) is 1. The molecule has 0 bridgehead atoms. The van der Waals surface area contributed by atoms with Crippen LogP contribution in [0, 0.1) is 0 Å². The predicted octanol–water partition coefficient (Wildman–Crippen LogP) is 3.16. The van der Waals surface area contributed by atoms with Crippen LogP contribution in [0.2, 0.25) is 5.02 Å². The van der Waals surface area contributed by atoms with E-state index in [0.717, 1.165) is 49.7 Å². The largest absolute Gasteiger partial charge is 0.387 e. The summed E-state index contributed by atoms with van der Waals surface area (Å²) >= 11 is 5.97. The van der Waals surface area contributed by atoms with Crippen molar-refractivity contribution in [1.29, 1.82) is 0 Å². The van der Waals surface area contributed by atoms with E-state index >= 15 is 0 Å². The second-order valence-corrected chi connectivity index (χ2v) is 7.31. The number of β-amino-alcohol motifs (C(OH)–C–C–N with tert-alkyl or cyclic N) is 1. The van der Waals surface area contributed by atoms with Gasteiger partial charge in [-0.25, -0.2) is 0 Å². The molecule has 25 heavy (non-hydrogen) atoms. The van der Waals surface area contributed by atoms with E-state index in [1.807, 2.05) is 18.2 Å². The molecule has 4 rings (SSSR count). The van der Waals surface area contributed by atoms with Gasteiger partial charge in [-0.15, -0.1) is 0 Å². The first-order chi connectivity index (χ1) is 12.2. The number of hydrogen-bond acceptors (Lipinski definition) is 4. The summed E-state index contributed by atoms with van der Waals surface area (Å²) in [6.07, 6.45) is 0.628. The Bertz CT molecular complexity index is 726. The van der Waals surface area contributed by atoms with Crippen molar-refractivity contribution >= 4 is 23.0 Å². The zero-order valence-electron chi connectivity index (χ0n) is 14.3. The minimum Gasteiger partial charge on any atom is -0.387 e. The van der Waals surface area contributed by atoms with Crippen molar-refractivity contribution < 1.29 is 5.11 Å².